The van der Waals surface area contributed by atoms with Crippen LogP contribution in [0.5, 0.6) is 11.5 Å². The van der Waals surface area contributed by atoms with Crippen molar-refractivity contribution in [2.75, 3.05) is 6.61 Å². The van der Waals surface area contributed by atoms with E-state index in [1.165, 1.54) is 0 Å². The summed E-state index contributed by atoms with van der Waals surface area (Å²) in [5.74, 6) is -0.905. The molecule has 0 bridgehead atoms. The number of hydrogen-bond donors (Lipinski definition) is 0. The molecule has 1 aliphatic rings. The number of hydrogen-bond acceptors (Lipinski definition) is 9. The molecule has 26 heavy (non-hydrogen) atoms. The Hall–Kier alpha value is -2.38. The second kappa shape index (κ2) is 8.82. The summed E-state index contributed by atoms with van der Waals surface area (Å²) in [5, 5.41) is 0. The van der Waals surface area contributed by atoms with Gasteiger partial charge in [-0.05, 0) is 18.2 Å². The molecule has 0 aromatic heterocycles. The Morgan fingerprint density at radius 3 is 2.27 bits per heavy atom. The SMILES string of the molecule is CC(=O)O[Si](CCOc1ccc2c(c1)CO[Si]O2)(OC(C)=O)OC(C)=O. The maximum Gasteiger partial charge on any atom is 0.708 e. The summed E-state index contributed by atoms with van der Waals surface area (Å²) in [6.07, 6.45) is 0. The lowest BCUT2D eigenvalue weighted by Gasteiger charge is -2.26. The van der Waals surface area contributed by atoms with Crippen molar-refractivity contribution in [1.82, 2.24) is 0 Å². The molecule has 1 aromatic carbocycles. The van der Waals surface area contributed by atoms with Gasteiger partial charge in [0.05, 0.1) is 19.3 Å². The summed E-state index contributed by atoms with van der Waals surface area (Å²) in [6.45, 7) is 3.83. The third kappa shape index (κ3) is 5.86. The highest BCUT2D eigenvalue weighted by molar-refractivity contribution is 6.65. The summed E-state index contributed by atoms with van der Waals surface area (Å²) in [7, 11) is -3.92. The van der Waals surface area contributed by atoms with Gasteiger partial charge in [-0.15, -0.1) is 0 Å². The van der Waals surface area contributed by atoms with Crippen LogP contribution in [-0.4, -0.2) is 43.3 Å². The lowest BCUT2D eigenvalue weighted by molar-refractivity contribution is -0.147. The van der Waals surface area contributed by atoms with E-state index >= 15 is 0 Å². The number of carbonyl (C=O) groups is 3. The Labute approximate surface area is 153 Å². The monoisotopic (exact) mass is 398 g/mol. The van der Waals surface area contributed by atoms with Crippen molar-refractivity contribution in [2.24, 2.45) is 0 Å². The minimum Gasteiger partial charge on any atom is -0.517 e. The van der Waals surface area contributed by atoms with Gasteiger partial charge < -0.3 is 26.9 Å². The molecule has 140 valence electrons. The minimum absolute atomic E-state index is 0.00229. The zero-order valence-electron chi connectivity index (χ0n) is 14.5. The summed E-state index contributed by atoms with van der Waals surface area (Å²) in [4.78, 5) is 34.1. The van der Waals surface area contributed by atoms with Crippen LogP contribution in [0.2, 0.25) is 6.04 Å². The Bertz CT molecular complexity index is 651. The molecular formula is C15H18O9Si2. The van der Waals surface area contributed by atoms with Gasteiger partial charge in [0.2, 0.25) is 0 Å². The van der Waals surface area contributed by atoms with E-state index in [9.17, 15) is 14.4 Å². The van der Waals surface area contributed by atoms with Crippen LogP contribution in [0.3, 0.4) is 0 Å². The quantitative estimate of drug-likeness (QED) is 0.625. The van der Waals surface area contributed by atoms with Crippen molar-refractivity contribution < 1.29 is 41.3 Å². The van der Waals surface area contributed by atoms with E-state index in [1.807, 2.05) is 0 Å². The van der Waals surface area contributed by atoms with Crippen LogP contribution in [0.4, 0.5) is 0 Å². The number of rotatable bonds is 7. The van der Waals surface area contributed by atoms with E-state index in [2.05, 4.69) is 0 Å². The minimum atomic E-state index is -3.89. The first-order valence-corrected chi connectivity index (χ1v) is 10.4. The van der Waals surface area contributed by atoms with Crippen LogP contribution in [0.25, 0.3) is 0 Å². The average molecular weight is 398 g/mol. The van der Waals surface area contributed by atoms with E-state index in [-0.39, 0.29) is 22.7 Å². The first-order valence-electron chi connectivity index (χ1n) is 7.68. The molecule has 0 N–H and O–H groups in total. The molecule has 0 spiro atoms. The maximum atomic E-state index is 11.4. The Balaban J connectivity index is 2.06. The summed E-state index contributed by atoms with van der Waals surface area (Å²) < 4.78 is 31.5. The van der Waals surface area contributed by atoms with Gasteiger partial charge in [0.15, 0.2) is 0 Å². The van der Waals surface area contributed by atoms with E-state index < -0.39 is 26.7 Å². The molecular weight excluding hydrogens is 380 g/mol. The number of benzene rings is 1. The molecule has 1 heterocycles. The third-order valence-corrected chi connectivity index (χ3v) is 6.22. The van der Waals surface area contributed by atoms with Crippen LogP contribution >= 0.6 is 0 Å². The summed E-state index contributed by atoms with van der Waals surface area (Å²) in [6, 6.07) is 5.15. The van der Waals surface area contributed by atoms with Crippen molar-refractivity contribution in [1.29, 1.82) is 0 Å². The smallest absolute Gasteiger partial charge is 0.517 e. The van der Waals surface area contributed by atoms with Gasteiger partial charge in [-0.25, -0.2) is 0 Å². The Kier molecular flexibility index (Phi) is 6.77. The topological polar surface area (TPSA) is 107 Å². The second-order valence-corrected chi connectivity index (χ2v) is 8.44. The van der Waals surface area contributed by atoms with Gasteiger partial charge in [0.25, 0.3) is 17.9 Å². The fourth-order valence-corrected chi connectivity index (χ4v) is 4.87. The Morgan fingerprint density at radius 2 is 1.69 bits per heavy atom. The molecule has 2 rings (SSSR count). The highest BCUT2D eigenvalue weighted by atomic mass is 28.4. The lowest BCUT2D eigenvalue weighted by Crippen LogP contribution is -2.50. The summed E-state index contributed by atoms with van der Waals surface area (Å²) >= 11 is 0. The molecule has 1 aliphatic heterocycles. The van der Waals surface area contributed by atoms with Gasteiger partial charge in [-0.1, -0.05) is 0 Å². The zero-order valence-corrected chi connectivity index (χ0v) is 16.5. The van der Waals surface area contributed by atoms with Crippen LogP contribution < -0.4 is 9.16 Å². The van der Waals surface area contributed by atoms with Gasteiger partial charge in [0.1, 0.15) is 11.5 Å². The number of fused-ring (bicyclic) bond motifs is 1. The van der Waals surface area contributed by atoms with Gasteiger partial charge in [-0.2, -0.15) is 0 Å². The van der Waals surface area contributed by atoms with E-state index in [0.29, 0.717) is 12.4 Å². The molecule has 0 unspecified atom stereocenters. The zero-order chi connectivity index (χ0) is 19.2. The van der Waals surface area contributed by atoms with Gasteiger partial charge in [0, 0.05) is 26.3 Å². The fourth-order valence-electron chi connectivity index (χ4n) is 2.21. The standard InChI is InChI=1S/C15H18O9Si2/c1-10(16)22-26(23-11(2)17,24-12(3)18)7-6-19-14-4-5-15-13(8-14)9-20-25-21-15/h4-5,8H,6-7,9H2,1-3H3. The Morgan fingerprint density at radius 1 is 1.08 bits per heavy atom. The molecule has 0 saturated heterocycles. The van der Waals surface area contributed by atoms with Gasteiger partial charge >= 0.3 is 18.8 Å². The normalized spacial score (nSPS) is 13.0. The predicted octanol–water partition coefficient (Wildman–Crippen LogP) is 1.14. The molecule has 0 amide bonds. The van der Waals surface area contributed by atoms with Crippen LogP contribution in [0.15, 0.2) is 18.2 Å². The molecule has 2 radical (unpaired) electrons. The maximum absolute atomic E-state index is 11.4. The predicted molar refractivity (Wildman–Crippen MR) is 89.0 cm³/mol. The molecule has 0 atom stereocenters. The van der Waals surface area contributed by atoms with E-state index in [0.717, 1.165) is 32.1 Å². The molecule has 0 fully saturated rings. The third-order valence-electron chi connectivity index (χ3n) is 3.04. The second-order valence-electron chi connectivity index (χ2n) is 5.31. The highest BCUT2D eigenvalue weighted by Crippen LogP contribution is 2.27. The lowest BCUT2D eigenvalue weighted by atomic mass is 10.2. The highest BCUT2D eigenvalue weighted by Gasteiger charge is 2.51. The molecule has 9 nitrogen and oxygen atoms in total. The molecule has 0 saturated carbocycles. The van der Waals surface area contributed by atoms with E-state index in [4.69, 9.17) is 26.9 Å². The van der Waals surface area contributed by atoms with Crippen LogP contribution in [0.1, 0.15) is 26.3 Å². The average Bonchev–Trinajstić information content (AvgIpc) is 2.52. The number of carbonyl (C=O) groups excluding carboxylic acids is 3. The number of ether oxygens (including phenoxy) is 1. The van der Waals surface area contributed by atoms with E-state index in [1.54, 1.807) is 18.2 Å². The summed E-state index contributed by atoms with van der Waals surface area (Å²) in [5.41, 5.74) is 0.838. The van der Waals surface area contributed by atoms with Crippen molar-refractivity contribution in [3.63, 3.8) is 0 Å². The van der Waals surface area contributed by atoms with Crippen molar-refractivity contribution in [2.45, 2.75) is 33.4 Å². The van der Waals surface area contributed by atoms with Crippen molar-refractivity contribution in [3.05, 3.63) is 23.8 Å². The van der Waals surface area contributed by atoms with Gasteiger partial charge in [-0.3, -0.25) is 14.4 Å². The molecule has 1 aromatic rings. The molecule has 11 heteroatoms. The van der Waals surface area contributed by atoms with Crippen molar-refractivity contribution >= 4 is 36.7 Å². The first-order chi connectivity index (χ1) is 12.3. The van der Waals surface area contributed by atoms with Crippen LogP contribution in [-0.2, 0) is 38.7 Å². The largest absolute Gasteiger partial charge is 0.708 e. The first kappa shape index (κ1) is 19.9. The van der Waals surface area contributed by atoms with Crippen molar-refractivity contribution in [3.8, 4) is 11.5 Å². The van der Waals surface area contributed by atoms with Crippen LogP contribution in [0, 0.1) is 0 Å². The fraction of sp³-hybridized carbons (Fsp3) is 0.400. The molecule has 0 aliphatic carbocycles.